The number of carbonyl (C=O) groups excluding carboxylic acids is 1. The van der Waals surface area contributed by atoms with Crippen molar-refractivity contribution in [3.05, 3.63) is 85.7 Å². The Bertz CT molecular complexity index is 1190. The number of benzene rings is 2. The first-order valence-electron chi connectivity index (χ1n) is 11.3. The van der Waals surface area contributed by atoms with Crippen LogP contribution in [-0.2, 0) is 13.1 Å². The molecular weight excluding hydrogens is 418 g/mol. The Morgan fingerprint density at radius 1 is 1.00 bits per heavy atom. The number of carbonyl (C=O) groups is 1. The molecule has 1 saturated heterocycles. The molecule has 7 nitrogen and oxygen atoms in total. The van der Waals surface area contributed by atoms with Crippen LogP contribution in [0.1, 0.15) is 41.3 Å². The van der Waals surface area contributed by atoms with E-state index in [0.29, 0.717) is 35.9 Å². The lowest BCUT2D eigenvalue weighted by molar-refractivity contribution is 0.0950. The minimum atomic E-state index is -0.448. The third-order valence-corrected chi connectivity index (χ3v) is 6.30. The molecule has 0 unspecified atom stereocenters. The second-order valence-corrected chi connectivity index (χ2v) is 8.60. The second kappa shape index (κ2) is 9.90. The molecule has 0 aromatic heterocycles. The first-order chi connectivity index (χ1) is 16.0. The Balaban J connectivity index is 1.34. The number of methoxy groups -OCH3 is 1. The summed E-state index contributed by atoms with van der Waals surface area (Å²) in [6, 6.07) is 14.8. The Kier molecular flexibility index (Phi) is 6.77. The van der Waals surface area contributed by atoms with Crippen molar-refractivity contribution in [1.82, 2.24) is 5.32 Å². The average Bonchev–Trinajstić information content (AvgIpc) is 2.85. The van der Waals surface area contributed by atoms with Gasteiger partial charge in [-0.25, -0.2) is 0 Å². The van der Waals surface area contributed by atoms with E-state index in [1.807, 2.05) is 41.3 Å². The van der Waals surface area contributed by atoms with Crippen LogP contribution in [0.5, 0.6) is 5.75 Å². The van der Waals surface area contributed by atoms with Crippen LogP contribution in [0.4, 0.5) is 11.4 Å². The molecule has 0 saturated carbocycles. The van der Waals surface area contributed by atoms with Crippen LogP contribution >= 0.6 is 0 Å². The van der Waals surface area contributed by atoms with Crippen LogP contribution in [0.2, 0.25) is 0 Å². The van der Waals surface area contributed by atoms with Crippen molar-refractivity contribution >= 4 is 17.3 Å². The van der Waals surface area contributed by atoms with Crippen molar-refractivity contribution in [3.8, 4) is 5.75 Å². The summed E-state index contributed by atoms with van der Waals surface area (Å²) in [4.78, 5) is 38.8. The Morgan fingerprint density at radius 3 is 2.39 bits per heavy atom. The van der Waals surface area contributed by atoms with Gasteiger partial charge < -0.3 is 20.3 Å². The molecule has 1 amide bonds. The largest absolute Gasteiger partial charge is 0.496 e. The molecule has 0 radical (unpaired) electrons. The number of hydrogen-bond donors (Lipinski definition) is 2. The minimum Gasteiger partial charge on any atom is -0.496 e. The Morgan fingerprint density at radius 2 is 1.70 bits per heavy atom. The minimum absolute atomic E-state index is 0.176. The maximum atomic E-state index is 12.5. The molecule has 1 heterocycles. The molecule has 0 aliphatic carbocycles. The van der Waals surface area contributed by atoms with E-state index in [4.69, 9.17) is 4.74 Å². The standard InChI is InChI=1S/C26H29N3O4/c1-17-11-13-29(14-12-17)23-22(24(30)25(23)31)27-15-18-7-9-19(10-8-18)26(32)28-16-20-5-3-4-6-21(20)33-2/h3-10,17,27H,11-16H2,1-2H3,(H,28,32). The van der Waals surface area contributed by atoms with E-state index in [0.717, 1.165) is 42.8 Å². The van der Waals surface area contributed by atoms with Crippen LogP contribution in [0.3, 0.4) is 0 Å². The average molecular weight is 448 g/mol. The molecule has 0 atom stereocenters. The number of amides is 1. The summed E-state index contributed by atoms with van der Waals surface area (Å²) in [5.74, 6) is 1.20. The number of nitrogens with one attached hydrogen (secondary N) is 2. The second-order valence-electron chi connectivity index (χ2n) is 8.60. The van der Waals surface area contributed by atoms with Gasteiger partial charge in [0.1, 0.15) is 17.1 Å². The summed E-state index contributed by atoms with van der Waals surface area (Å²) in [6.45, 7) is 4.60. The fourth-order valence-electron chi connectivity index (χ4n) is 4.17. The topological polar surface area (TPSA) is 87.7 Å². The molecule has 0 bridgehead atoms. The van der Waals surface area contributed by atoms with Gasteiger partial charge in [-0.3, -0.25) is 14.4 Å². The molecule has 1 aliphatic rings. The maximum Gasteiger partial charge on any atom is 0.253 e. The molecule has 172 valence electrons. The van der Waals surface area contributed by atoms with Gasteiger partial charge in [0.2, 0.25) is 0 Å². The van der Waals surface area contributed by atoms with E-state index in [2.05, 4.69) is 17.6 Å². The van der Waals surface area contributed by atoms with E-state index in [9.17, 15) is 14.4 Å². The zero-order valence-corrected chi connectivity index (χ0v) is 19.0. The van der Waals surface area contributed by atoms with Crippen molar-refractivity contribution in [1.29, 1.82) is 0 Å². The zero-order valence-electron chi connectivity index (χ0n) is 19.0. The van der Waals surface area contributed by atoms with Gasteiger partial charge in [0.25, 0.3) is 16.8 Å². The highest BCUT2D eigenvalue weighted by molar-refractivity contribution is 5.94. The smallest absolute Gasteiger partial charge is 0.253 e. The summed E-state index contributed by atoms with van der Waals surface area (Å²) in [7, 11) is 1.60. The maximum absolute atomic E-state index is 12.5. The van der Waals surface area contributed by atoms with E-state index < -0.39 is 10.9 Å². The fraction of sp³-hybridized carbons (Fsp3) is 0.346. The van der Waals surface area contributed by atoms with Gasteiger partial charge in [-0.2, -0.15) is 0 Å². The van der Waals surface area contributed by atoms with E-state index in [1.165, 1.54) is 0 Å². The van der Waals surface area contributed by atoms with Crippen LogP contribution in [0.25, 0.3) is 0 Å². The highest BCUT2D eigenvalue weighted by Crippen LogP contribution is 2.26. The van der Waals surface area contributed by atoms with Gasteiger partial charge in [-0.05, 0) is 42.5 Å². The number of hydrogen-bond acceptors (Lipinski definition) is 6. The normalized spacial score (nSPS) is 14.3. The van der Waals surface area contributed by atoms with Crippen molar-refractivity contribution in [2.45, 2.75) is 32.9 Å². The lowest BCUT2D eigenvalue weighted by Gasteiger charge is -2.33. The summed E-state index contributed by atoms with van der Waals surface area (Å²) < 4.78 is 5.31. The molecular formula is C26H29N3O4. The third-order valence-electron chi connectivity index (χ3n) is 6.30. The van der Waals surface area contributed by atoms with Gasteiger partial charge in [0.15, 0.2) is 0 Å². The molecule has 2 N–H and O–H groups in total. The number of piperidine rings is 1. The van der Waals surface area contributed by atoms with Crippen LogP contribution < -0.4 is 31.1 Å². The predicted molar refractivity (Wildman–Crippen MR) is 130 cm³/mol. The lowest BCUT2D eigenvalue weighted by atomic mass is 9.98. The van der Waals surface area contributed by atoms with Crippen LogP contribution in [-0.4, -0.2) is 26.1 Å². The Hall–Kier alpha value is -3.61. The predicted octanol–water partition coefficient (Wildman–Crippen LogP) is 3.07. The molecule has 0 spiro atoms. The summed E-state index contributed by atoms with van der Waals surface area (Å²) in [6.07, 6.45) is 2.05. The van der Waals surface area contributed by atoms with E-state index in [1.54, 1.807) is 19.2 Å². The van der Waals surface area contributed by atoms with Crippen molar-refractivity contribution in [3.63, 3.8) is 0 Å². The summed E-state index contributed by atoms with van der Waals surface area (Å²) in [5, 5.41) is 6.04. The van der Waals surface area contributed by atoms with Gasteiger partial charge in [-0.1, -0.05) is 37.3 Å². The van der Waals surface area contributed by atoms with Crippen molar-refractivity contribution < 1.29 is 9.53 Å². The monoisotopic (exact) mass is 447 g/mol. The number of anilines is 2. The van der Waals surface area contributed by atoms with Crippen molar-refractivity contribution in [2.75, 3.05) is 30.4 Å². The van der Waals surface area contributed by atoms with Gasteiger partial charge in [-0.15, -0.1) is 0 Å². The molecule has 33 heavy (non-hydrogen) atoms. The number of rotatable bonds is 8. The third kappa shape index (κ3) is 4.92. The van der Waals surface area contributed by atoms with Crippen LogP contribution in [0.15, 0.2) is 58.1 Å². The fourth-order valence-corrected chi connectivity index (χ4v) is 4.17. The van der Waals surface area contributed by atoms with Crippen LogP contribution in [0, 0.1) is 5.92 Å². The number of ether oxygens (including phenoxy) is 1. The highest BCUT2D eigenvalue weighted by atomic mass is 16.5. The highest BCUT2D eigenvalue weighted by Gasteiger charge is 2.28. The molecule has 1 aliphatic heterocycles. The van der Waals surface area contributed by atoms with Gasteiger partial charge in [0, 0.05) is 37.3 Å². The molecule has 3 aromatic carbocycles. The molecule has 3 aromatic rings. The number of nitrogens with zero attached hydrogens (tertiary/aromatic N) is 1. The molecule has 4 rings (SSSR count). The Labute approximate surface area is 193 Å². The zero-order chi connectivity index (χ0) is 23.4. The van der Waals surface area contributed by atoms with Gasteiger partial charge >= 0.3 is 0 Å². The molecule has 1 fully saturated rings. The van der Waals surface area contributed by atoms with E-state index >= 15 is 0 Å². The first kappa shape index (κ1) is 22.6. The number of para-hydroxylation sites is 1. The van der Waals surface area contributed by atoms with Gasteiger partial charge in [0.05, 0.1) is 7.11 Å². The molecule has 7 heteroatoms. The quantitative estimate of drug-likeness (QED) is 0.516. The summed E-state index contributed by atoms with van der Waals surface area (Å²) in [5.41, 5.74) is 2.46. The SMILES string of the molecule is COc1ccccc1CNC(=O)c1ccc(CNc2c(N3CCC(C)CC3)c(=O)c2=O)cc1. The first-order valence-corrected chi connectivity index (χ1v) is 11.3. The van der Waals surface area contributed by atoms with Crippen molar-refractivity contribution in [2.24, 2.45) is 5.92 Å². The lowest BCUT2D eigenvalue weighted by Crippen LogP contribution is -2.45. The summed E-state index contributed by atoms with van der Waals surface area (Å²) >= 11 is 0. The van der Waals surface area contributed by atoms with E-state index in [-0.39, 0.29) is 5.91 Å².